The molecule has 0 aliphatic heterocycles. The van der Waals surface area contributed by atoms with E-state index in [9.17, 15) is 13.6 Å². The second-order valence-corrected chi connectivity index (χ2v) is 4.38. The minimum atomic E-state index is -0.966. The van der Waals surface area contributed by atoms with E-state index in [-0.39, 0.29) is 30.3 Å². The molecule has 0 aliphatic carbocycles. The maximum Gasteiger partial charge on any atom is 0.360 e. The zero-order valence-electron chi connectivity index (χ0n) is 11.1. The van der Waals surface area contributed by atoms with Gasteiger partial charge in [0, 0.05) is 5.56 Å². The van der Waals surface area contributed by atoms with E-state index in [1.165, 1.54) is 16.8 Å². The molecule has 0 aliphatic rings. The largest absolute Gasteiger partial charge is 0.461 e. The van der Waals surface area contributed by atoms with Crippen molar-refractivity contribution >= 4 is 17.6 Å². The van der Waals surface area contributed by atoms with Gasteiger partial charge < -0.3 is 4.74 Å². The monoisotopic (exact) mass is 315 g/mol. The Morgan fingerprint density at radius 2 is 2.19 bits per heavy atom. The number of carbonyl (C=O) groups excluding carboxylic acids is 1. The molecule has 21 heavy (non-hydrogen) atoms. The van der Waals surface area contributed by atoms with Crippen LogP contribution < -0.4 is 0 Å². The predicted molar refractivity (Wildman–Crippen MR) is 71.0 cm³/mol. The topological polar surface area (TPSA) is 57.0 Å². The number of esters is 1. The van der Waals surface area contributed by atoms with Gasteiger partial charge in [0.25, 0.3) is 0 Å². The Bertz CT molecular complexity index is 661. The second-order valence-electron chi connectivity index (χ2n) is 4.11. The summed E-state index contributed by atoms with van der Waals surface area (Å²) < 4.78 is 32.9. The predicted octanol–water partition coefficient (Wildman–Crippen LogP) is 2.52. The first-order valence-corrected chi connectivity index (χ1v) is 6.70. The lowest BCUT2D eigenvalue weighted by molar-refractivity contribution is 0.0518. The first kappa shape index (κ1) is 15.4. The molecule has 0 fully saturated rings. The van der Waals surface area contributed by atoms with Crippen LogP contribution in [0.1, 0.15) is 28.7 Å². The zero-order valence-corrected chi connectivity index (χ0v) is 11.9. The summed E-state index contributed by atoms with van der Waals surface area (Å²) >= 11 is 5.78. The molecular formula is C13H12ClF2N3O2. The molecule has 8 heteroatoms. The van der Waals surface area contributed by atoms with E-state index in [1.54, 1.807) is 6.92 Å². The molecule has 5 nitrogen and oxygen atoms in total. The van der Waals surface area contributed by atoms with Gasteiger partial charge in [0.1, 0.15) is 0 Å². The van der Waals surface area contributed by atoms with E-state index in [0.717, 1.165) is 6.07 Å². The van der Waals surface area contributed by atoms with Crippen LogP contribution in [0.5, 0.6) is 0 Å². The van der Waals surface area contributed by atoms with Gasteiger partial charge in [-0.25, -0.2) is 18.3 Å². The smallest absolute Gasteiger partial charge is 0.360 e. The summed E-state index contributed by atoms with van der Waals surface area (Å²) in [6.07, 6.45) is 0. The average molecular weight is 316 g/mol. The van der Waals surface area contributed by atoms with Crippen molar-refractivity contribution in [2.75, 3.05) is 6.61 Å². The van der Waals surface area contributed by atoms with Gasteiger partial charge in [-0.2, -0.15) is 0 Å². The van der Waals surface area contributed by atoms with Gasteiger partial charge in [0.15, 0.2) is 17.3 Å². The van der Waals surface area contributed by atoms with Crippen LogP contribution in [-0.2, 0) is 17.2 Å². The molecule has 1 aromatic carbocycles. The number of halogens is 3. The van der Waals surface area contributed by atoms with Crippen molar-refractivity contribution in [3.05, 3.63) is 46.8 Å². The highest BCUT2D eigenvalue weighted by molar-refractivity contribution is 6.17. The van der Waals surface area contributed by atoms with Crippen molar-refractivity contribution in [2.24, 2.45) is 0 Å². The fourth-order valence-corrected chi connectivity index (χ4v) is 2.05. The van der Waals surface area contributed by atoms with Crippen molar-refractivity contribution in [3.8, 4) is 0 Å². The number of rotatable bonds is 5. The molecule has 0 spiro atoms. The summed E-state index contributed by atoms with van der Waals surface area (Å²) in [4.78, 5) is 11.7. The third kappa shape index (κ3) is 3.18. The molecule has 0 bridgehead atoms. The van der Waals surface area contributed by atoms with Crippen LogP contribution in [0.2, 0.25) is 0 Å². The molecular weight excluding hydrogens is 304 g/mol. The highest BCUT2D eigenvalue weighted by Crippen LogP contribution is 2.16. The fraction of sp³-hybridized carbons (Fsp3) is 0.308. The van der Waals surface area contributed by atoms with E-state index in [0.29, 0.717) is 5.69 Å². The van der Waals surface area contributed by atoms with Gasteiger partial charge in [-0.15, -0.1) is 16.7 Å². The first-order valence-electron chi connectivity index (χ1n) is 6.16. The van der Waals surface area contributed by atoms with Crippen LogP contribution >= 0.6 is 11.6 Å². The summed E-state index contributed by atoms with van der Waals surface area (Å²) in [5.41, 5.74) is 0.351. The first-order chi connectivity index (χ1) is 10.1. The number of benzene rings is 1. The van der Waals surface area contributed by atoms with Crippen molar-refractivity contribution in [3.63, 3.8) is 0 Å². The Hall–Kier alpha value is -2.02. The molecule has 112 valence electrons. The molecule has 0 saturated carbocycles. The summed E-state index contributed by atoms with van der Waals surface area (Å²) in [5, 5.41) is 7.44. The summed E-state index contributed by atoms with van der Waals surface area (Å²) in [7, 11) is 0. The fourth-order valence-electron chi connectivity index (χ4n) is 1.78. The van der Waals surface area contributed by atoms with Crippen molar-refractivity contribution in [2.45, 2.75) is 19.3 Å². The van der Waals surface area contributed by atoms with E-state index in [1.807, 2.05) is 0 Å². The Morgan fingerprint density at radius 1 is 1.43 bits per heavy atom. The average Bonchev–Trinajstić information content (AvgIpc) is 2.87. The molecule has 0 saturated heterocycles. The number of carbonyl (C=O) groups is 1. The Kier molecular flexibility index (Phi) is 4.85. The Morgan fingerprint density at radius 3 is 2.86 bits per heavy atom. The molecule has 0 amide bonds. The molecule has 2 rings (SSSR count). The van der Waals surface area contributed by atoms with Crippen molar-refractivity contribution in [1.82, 2.24) is 15.0 Å². The Labute approximate surface area is 124 Å². The quantitative estimate of drug-likeness (QED) is 0.628. The number of aromatic nitrogens is 3. The summed E-state index contributed by atoms with van der Waals surface area (Å²) in [5.74, 6) is -2.63. The molecule has 0 N–H and O–H groups in total. The van der Waals surface area contributed by atoms with Crippen LogP contribution in [0.3, 0.4) is 0 Å². The lowest BCUT2D eigenvalue weighted by Crippen LogP contribution is -2.11. The van der Waals surface area contributed by atoms with Gasteiger partial charge >= 0.3 is 5.97 Å². The number of hydrogen-bond donors (Lipinski definition) is 0. The minimum absolute atomic E-state index is 0.0244. The van der Waals surface area contributed by atoms with Crippen LogP contribution in [0.4, 0.5) is 8.78 Å². The van der Waals surface area contributed by atoms with Crippen LogP contribution in [0.15, 0.2) is 18.2 Å². The molecule has 1 heterocycles. The summed E-state index contributed by atoms with van der Waals surface area (Å²) in [6.45, 7) is 1.76. The standard InChI is InChI=1S/C13H12ClF2N3O2/c1-2-21-13(20)12-10(6-14)19(18-17-12)7-8-4-3-5-9(15)11(8)16/h3-5H,2,6-7H2,1H3. The van der Waals surface area contributed by atoms with Gasteiger partial charge in [0.05, 0.1) is 24.7 Å². The van der Waals surface area contributed by atoms with E-state index < -0.39 is 17.6 Å². The Balaban J connectivity index is 2.33. The number of nitrogens with zero attached hydrogens (tertiary/aromatic N) is 3. The molecule has 0 atom stereocenters. The number of ether oxygens (including phenoxy) is 1. The van der Waals surface area contributed by atoms with Gasteiger partial charge in [-0.3, -0.25) is 0 Å². The maximum absolute atomic E-state index is 13.6. The van der Waals surface area contributed by atoms with E-state index in [4.69, 9.17) is 16.3 Å². The molecule has 1 aromatic heterocycles. The van der Waals surface area contributed by atoms with Crippen LogP contribution in [-0.4, -0.2) is 27.6 Å². The third-order valence-corrected chi connectivity index (χ3v) is 3.04. The number of hydrogen-bond acceptors (Lipinski definition) is 4. The van der Waals surface area contributed by atoms with E-state index >= 15 is 0 Å². The van der Waals surface area contributed by atoms with E-state index in [2.05, 4.69) is 10.3 Å². The minimum Gasteiger partial charge on any atom is -0.461 e. The molecule has 0 unspecified atom stereocenters. The normalized spacial score (nSPS) is 10.7. The lowest BCUT2D eigenvalue weighted by atomic mass is 10.2. The zero-order chi connectivity index (χ0) is 15.4. The van der Waals surface area contributed by atoms with Crippen LogP contribution in [0.25, 0.3) is 0 Å². The second kappa shape index (κ2) is 6.62. The molecule has 2 aromatic rings. The SMILES string of the molecule is CCOC(=O)c1nnn(Cc2cccc(F)c2F)c1CCl. The van der Waals surface area contributed by atoms with Crippen LogP contribution in [0, 0.1) is 11.6 Å². The highest BCUT2D eigenvalue weighted by Gasteiger charge is 2.21. The molecule has 0 radical (unpaired) electrons. The van der Waals surface area contributed by atoms with Crippen molar-refractivity contribution < 1.29 is 18.3 Å². The highest BCUT2D eigenvalue weighted by atomic mass is 35.5. The van der Waals surface area contributed by atoms with Gasteiger partial charge in [-0.05, 0) is 13.0 Å². The lowest BCUT2D eigenvalue weighted by Gasteiger charge is -2.07. The maximum atomic E-state index is 13.6. The van der Waals surface area contributed by atoms with Gasteiger partial charge in [0.2, 0.25) is 0 Å². The van der Waals surface area contributed by atoms with Gasteiger partial charge in [-0.1, -0.05) is 17.3 Å². The van der Waals surface area contributed by atoms with Crippen molar-refractivity contribution in [1.29, 1.82) is 0 Å². The third-order valence-electron chi connectivity index (χ3n) is 2.78. The summed E-state index contributed by atoms with van der Waals surface area (Å²) in [6, 6.07) is 3.83. The number of alkyl halides is 1.